The molecular weight excluding hydrogens is 334 g/mol. The maximum Gasteiger partial charge on any atom is 0.337 e. The van der Waals surface area contributed by atoms with E-state index < -0.39 is 35.8 Å². The lowest BCUT2D eigenvalue weighted by atomic mass is 10.1. The number of carbonyl (C=O) groups is 3. The number of aliphatic carboxylic acids is 1. The zero-order chi connectivity index (χ0) is 18.7. The van der Waals surface area contributed by atoms with Gasteiger partial charge >= 0.3 is 11.9 Å². The molecule has 0 saturated heterocycles. The molecule has 2 aromatic carbocycles. The molecule has 1 amide bonds. The third kappa shape index (κ3) is 3.96. The van der Waals surface area contributed by atoms with E-state index in [2.05, 4.69) is 5.32 Å². The number of amides is 1. The SMILES string of the molecule is O=C(O)Cc1cc(O)c(C(=O)Nc2ccc(O)cc2C(=O)O)cc1O. The predicted molar refractivity (Wildman–Crippen MR) is 84.1 cm³/mol. The summed E-state index contributed by atoms with van der Waals surface area (Å²) in [6.07, 6.45) is -0.553. The van der Waals surface area contributed by atoms with E-state index in [4.69, 9.17) is 10.2 Å². The van der Waals surface area contributed by atoms with E-state index in [-0.39, 0.29) is 28.1 Å². The van der Waals surface area contributed by atoms with Gasteiger partial charge in [0, 0.05) is 5.56 Å². The Hall–Kier alpha value is -3.75. The lowest BCUT2D eigenvalue weighted by Crippen LogP contribution is -2.15. The number of nitrogens with one attached hydrogen (secondary N) is 1. The maximum atomic E-state index is 12.2. The minimum absolute atomic E-state index is 0.0857. The number of carboxylic acid groups (broad SMARTS) is 2. The van der Waals surface area contributed by atoms with E-state index in [9.17, 15) is 29.7 Å². The van der Waals surface area contributed by atoms with Crippen molar-refractivity contribution in [2.75, 3.05) is 5.32 Å². The van der Waals surface area contributed by atoms with Crippen LogP contribution in [0.5, 0.6) is 17.2 Å². The molecule has 0 aromatic heterocycles. The highest BCUT2D eigenvalue weighted by molar-refractivity contribution is 6.09. The van der Waals surface area contributed by atoms with Crippen molar-refractivity contribution in [3.05, 3.63) is 47.0 Å². The van der Waals surface area contributed by atoms with E-state index >= 15 is 0 Å². The zero-order valence-corrected chi connectivity index (χ0v) is 12.6. The first-order valence-electron chi connectivity index (χ1n) is 6.83. The van der Waals surface area contributed by atoms with Crippen LogP contribution in [0.2, 0.25) is 0 Å². The first-order valence-corrected chi connectivity index (χ1v) is 6.83. The smallest absolute Gasteiger partial charge is 0.337 e. The summed E-state index contributed by atoms with van der Waals surface area (Å²) in [6, 6.07) is 5.07. The third-order valence-corrected chi connectivity index (χ3v) is 3.27. The molecule has 0 heterocycles. The molecule has 130 valence electrons. The zero-order valence-electron chi connectivity index (χ0n) is 12.6. The van der Waals surface area contributed by atoms with E-state index in [0.29, 0.717) is 0 Å². The molecule has 0 radical (unpaired) electrons. The van der Waals surface area contributed by atoms with Gasteiger partial charge in [0.2, 0.25) is 0 Å². The fourth-order valence-electron chi connectivity index (χ4n) is 2.11. The molecule has 0 fully saturated rings. The second-order valence-electron chi connectivity index (χ2n) is 5.06. The van der Waals surface area contributed by atoms with Crippen LogP contribution < -0.4 is 5.32 Å². The fourth-order valence-corrected chi connectivity index (χ4v) is 2.11. The molecule has 0 unspecified atom stereocenters. The number of hydrogen-bond donors (Lipinski definition) is 6. The number of aromatic hydroxyl groups is 3. The number of phenolic OH excluding ortho intramolecular Hbond substituents is 3. The van der Waals surface area contributed by atoms with E-state index in [1.54, 1.807) is 0 Å². The Morgan fingerprint density at radius 1 is 0.880 bits per heavy atom. The summed E-state index contributed by atoms with van der Waals surface area (Å²) in [5, 5.41) is 49.0. The average molecular weight is 347 g/mol. The van der Waals surface area contributed by atoms with Crippen molar-refractivity contribution >= 4 is 23.5 Å². The third-order valence-electron chi connectivity index (χ3n) is 3.27. The van der Waals surface area contributed by atoms with Gasteiger partial charge in [-0.25, -0.2) is 4.79 Å². The highest BCUT2D eigenvalue weighted by Crippen LogP contribution is 2.29. The molecule has 0 atom stereocenters. The number of carboxylic acids is 2. The molecule has 2 aromatic rings. The van der Waals surface area contributed by atoms with Crippen molar-refractivity contribution in [2.24, 2.45) is 0 Å². The van der Waals surface area contributed by atoms with Crippen LogP contribution >= 0.6 is 0 Å². The molecule has 0 bridgehead atoms. The summed E-state index contributed by atoms with van der Waals surface area (Å²) in [5.74, 6) is -4.95. The van der Waals surface area contributed by atoms with E-state index in [0.717, 1.165) is 30.3 Å². The highest BCUT2D eigenvalue weighted by atomic mass is 16.4. The van der Waals surface area contributed by atoms with E-state index in [1.165, 1.54) is 0 Å². The molecule has 6 N–H and O–H groups in total. The fraction of sp³-hybridized carbons (Fsp3) is 0.0625. The van der Waals surface area contributed by atoms with Crippen molar-refractivity contribution in [3.8, 4) is 17.2 Å². The molecule has 2 rings (SSSR count). The van der Waals surface area contributed by atoms with Crippen LogP contribution in [-0.2, 0) is 11.2 Å². The summed E-state index contributed by atoms with van der Waals surface area (Å²) in [5.41, 5.74) is -0.975. The number of carbonyl (C=O) groups excluding carboxylic acids is 1. The highest BCUT2D eigenvalue weighted by Gasteiger charge is 2.19. The quantitative estimate of drug-likeness (QED) is 0.441. The lowest BCUT2D eigenvalue weighted by molar-refractivity contribution is -0.136. The number of anilines is 1. The topological polar surface area (TPSA) is 164 Å². The summed E-state index contributed by atoms with van der Waals surface area (Å²) >= 11 is 0. The second kappa shape index (κ2) is 6.79. The molecule has 25 heavy (non-hydrogen) atoms. The van der Waals surface area contributed by atoms with Gasteiger partial charge in [0.25, 0.3) is 5.91 Å². The van der Waals surface area contributed by atoms with Gasteiger partial charge in [0.05, 0.1) is 23.2 Å². The number of rotatable bonds is 5. The molecule has 0 spiro atoms. The number of hydrogen-bond acceptors (Lipinski definition) is 6. The van der Waals surface area contributed by atoms with Crippen LogP contribution in [0.4, 0.5) is 5.69 Å². The Balaban J connectivity index is 2.35. The molecule has 0 aliphatic heterocycles. The predicted octanol–water partition coefficient (Wildman–Crippen LogP) is 1.38. The van der Waals surface area contributed by atoms with Crippen molar-refractivity contribution in [1.29, 1.82) is 0 Å². The monoisotopic (exact) mass is 347 g/mol. The van der Waals surface area contributed by atoms with Crippen molar-refractivity contribution in [3.63, 3.8) is 0 Å². The van der Waals surface area contributed by atoms with Crippen LogP contribution in [0, 0.1) is 0 Å². The first kappa shape index (κ1) is 17.6. The molecule has 0 aliphatic carbocycles. The maximum absolute atomic E-state index is 12.2. The summed E-state index contributed by atoms with van der Waals surface area (Å²) in [4.78, 5) is 34.1. The minimum atomic E-state index is -1.39. The Morgan fingerprint density at radius 3 is 2.16 bits per heavy atom. The summed E-state index contributed by atoms with van der Waals surface area (Å²) < 4.78 is 0. The number of aromatic carboxylic acids is 1. The Labute approximate surface area is 140 Å². The molecule has 9 heteroatoms. The number of phenols is 3. The Morgan fingerprint density at radius 2 is 1.56 bits per heavy atom. The van der Waals surface area contributed by atoms with Crippen LogP contribution in [0.1, 0.15) is 26.3 Å². The van der Waals surface area contributed by atoms with Crippen molar-refractivity contribution < 1.29 is 39.9 Å². The average Bonchev–Trinajstić information content (AvgIpc) is 2.51. The Kier molecular flexibility index (Phi) is 4.78. The lowest BCUT2D eigenvalue weighted by Gasteiger charge is -2.11. The van der Waals surface area contributed by atoms with E-state index in [1.807, 2.05) is 0 Å². The second-order valence-corrected chi connectivity index (χ2v) is 5.06. The van der Waals surface area contributed by atoms with Crippen LogP contribution in [-0.4, -0.2) is 43.4 Å². The van der Waals surface area contributed by atoms with Gasteiger partial charge in [0.15, 0.2) is 0 Å². The molecule has 9 nitrogen and oxygen atoms in total. The summed E-state index contributed by atoms with van der Waals surface area (Å²) in [6.45, 7) is 0. The Bertz CT molecular complexity index is 875. The van der Waals surface area contributed by atoms with Gasteiger partial charge < -0.3 is 30.8 Å². The van der Waals surface area contributed by atoms with Crippen molar-refractivity contribution in [2.45, 2.75) is 6.42 Å². The van der Waals surface area contributed by atoms with Gasteiger partial charge in [-0.05, 0) is 30.3 Å². The van der Waals surface area contributed by atoms with Crippen LogP contribution in [0.3, 0.4) is 0 Å². The number of benzene rings is 2. The van der Waals surface area contributed by atoms with Gasteiger partial charge in [-0.3, -0.25) is 9.59 Å². The summed E-state index contributed by atoms with van der Waals surface area (Å²) in [7, 11) is 0. The molecular formula is C16H13NO8. The van der Waals surface area contributed by atoms with Crippen LogP contribution in [0.25, 0.3) is 0 Å². The largest absolute Gasteiger partial charge is 0.508 e. The first-order chi connectivity index (χ1) is 11.7. The van der Waals surface area contributed by atoms with Gasteiger partial charge in [0.1, 0.15) is 17.2 Å². The van der Waals surface area contributed by atoms with Gasteiger partial charge in [-0.2, -0.15) is 0 Å². The standard InChI is InChI=1S/C16H13NO8/c18-8-1-2-11(9(5-8)16(24)25)17-15(23)10-6-12(19)7(3-13(10)20)4-14(21)22/h1-3,5-6,18-20H,4H2,(H,17,23)(H,21,22)(H,24,25). The van der Waals surface area contributed by atoms with Crippen LogP contribution in [0.15, 0.2) is 30.3 Å². The minimum Gasteiger partial charge on any atom is -0.508 e. The molecule has 0 aliphatic rings. The van der Waals surface area contributed by atoms with Gasteiger partial charge in [-0.1, -0.05) is 0 Å². The van der Waals surface area contributed by atoms with Gasteiger partial charge in [-0.15, -0.1) is 0 Å². The normalized spacial score (nSPS) is 10.2. The van der Waals surface area contributed by atoms with Crippen molar-refractivity contribution in [1.82, 2.24) is 0 Å². The molecule has 0 saturated carbocycles.